The average Bonchev–Trinajstić information content (AvgIpc) is 2.59. The quantitative estimate of drug-likeness (QED) is 0.701. The SMILES string of the molecule is Cn1ncc(Cl)c1C(=O)C1COCCO1. The normalized spacial score (nSPS) is 21.6. The number of Topliss-reactive ketones (excluding diaryl/α,β-unsaturated/α-hetero) is 1. The molecular weight excluding hydrogens is 220 g/mol. The van der Waals surface area contributed by atoms with Crippen molar-refractivity contribution in [1.82, 2.24) is 9.78 Å². The highest BCUT2D eigenvalue weighted by Crippen LogP contribution is 2.18. The first-order chi connectivity index (χ1) is 7.20. The molecule has 2 heterocycles. The van der Waals surface area contributed by atoms with Gasteiger partial charge >= 0.3 is 0 Å². The van der Waals surface area contributed by atoms with Crippen LogP contribution in [0.2, 0.25) is 5.02 Å². The minimum atomic E-state index is -0.563. The molecule has 1 unspecified atom stereocenters. The predicted molar refractivity (Wildman–Crippen MR) is 53.1 cm³/mol. The van der Waals surface area contributed by atoms with E-state index in [0.717, 1.165) is 0 Å². The van der Waals surface area contributed by atoms with Crippen molar-refractivity contribution in [3.8, 4) is 0 Å². The second kappa shape index (κ2) is 4.30. The van der Waals surface area contributed by atoms with Gasteiger partial charge in [0, 0.05) is 7.05 Å². The zero-order valence-electron chi connectivity index (χ0n) is 8.27. The molecule has 0 aromatic carbocycles. The van der Waals surface area contributed by atoms with Gasteiger partial charge in [0.15, 0.2) is 0 Å². The lowest BCUT2D eigenvalue weighted by atomic mass is 10.1. The molecule has 82 valence electrons. The van der Waals surface area contributed by atoms with E-state index in [0.29, 0.717) is 23.9 Å². The summed E-state index contributed by atoms with van der Waals surface area (Å²) >= 11 is 5.86. The van der Waals surface area contributed by atoms with E-state index in [9.17, 15) is 4.79 Å². The van der Waals surface area contributed by atoms with Gasteiger partial charge in [0.1, 0.15) is 11.8 Å². The molecule has 1 aromatic rings. The summed E-state index contributed by atoms with van der Waals surface area (Å²) in [6, 6.07) is 0. The number of aromatic nitrogens is 2. The van der Waals surface area contributed by atoms with Crippen molar-refractivity contribution in [2.45, 2.75) is 6.10 Å². The second-order valence-electron chi connectivity index (χ2n) is 3.26. The molecule has 0 bridgehead atoms. The standard InChI is InChI=1S/C9H11ClN2O3/c1-12-8(6(10)4-11-12)9(13)7-5-14-2-3-15-7/h4,7H,2-3,5H2,1H3. The fraction of sp³-hybridized carbons (Fsp3) is 0.556. The summed E-state index contributed by atoms with van der Waals surface area (Å²) in [5.41, 5.74) is 0.368. The highest BCUT2D eigenvalue weighted by atomic mass is 35.5. The Labute approximate surface area is 91.9 Å². The minimum Gasteiger partial charge on any atom is -0.376 e. The summed E-state index contributed by atoms with van der Waals surface area (Å²) < 4.78 is 11.9. The Morgan fingerprint density at radius 2 is 2.47 bits per heavy atom. The third-order valence-electron chi connectivity index (χ3n) is 2.24. The van der Waals surface area contributed by atoms with E-state index in [1.54, 1.807) is 7.05 Å². The van der Waals surface area contributed by atoms with Gasteiger partial charge in [0.05, 0.1) is 31.0 Å². The fourth-order valence-corrected chi connectivity index (χ4v) is 1.74. The Balaban J connectivity index is 2.19. The topological polar surface area (TPSA) is 53.4 Å². The van der Waals surface area contributed by atoms with Crippen LogP contribution in [0.5, 0.6) is 0 Å². The van der Waals surface area contributed by atoms with E-state index >= 15 is 0 Å². The van der Waals surface area contributed by atoms with Crippen LogP contribution in [0.25, 0.3) is 0 Å². The van der Waals surface area contributed by atoms with Crippen molar-refractivity contribution < 1.29 is 14.3 Å². The van der Waals surface area contributed by atoms with Gasteiger partial charge in [0.25, 0.3) is 0 Å². The number of ether oxygens (including phenoxy) is 2. The van der Waals surface area contributed by atoms with Crippen LogP contribution in [-0.2, 0) is 16.5 Å². The van der Waals surface area contributed by atoms with Gasteiger partial charge in [-0.05, 0) is 0 Å². The Bertz CT molecular complexity index is 352. The van der Waals surface area contributed by atoms with Crippen LogP contribution in [-0.4, -0.2) is 41.5 Å². The minimum absolute atomic E-state index is 0.181. The number of rotatable bonds is 2. The first-order valence-electron chi connectivity index (χ1n) is 4.61. The number of carbonyl (C=O) groups is 1. The van der Waals surface area contributed by atoms with E-state index in [1.165, 1.54) is 10.9 Å². The maximum absolute atomic E-state index is 12.0. The summed E-state index contributed by atoms with van der Waals surface area (Å²) in [6.07, 6.45) is 0.880. The van der Waals surface area contributed by atoms with Crippen LogP contribution in [0.1, 0.15) is 10.5 Å². The molecule has 0 amide bonds. The third kappa shape index (κ3) is 2.04. The molecule has 6 heteroatoms. The highest BCUT2D eigenvalue weighted by molar-refractivity contribution is 6.33. The summed E-state index contributed by atoms with van der Waals surface area (Å²) in [7, 11) is 1.67. The summed E-state index contributed by atoms with van der Waals surface area (Å²) in [4.78, 5) is 12.0. The van der Waals surface area contributed by atoms with Gasteiger partial charge < -0.3 is 9.47 Å². The number of halogens is 1. The van der Waals surface area contributed by atoms with E-state index in [1.807, 2.05) is 0 Å². The molecule has 1 fully saturated rings. The Kier molecular flexibility index (Phi) is 3.04. The number of carbonyl (C=O) groups excluding carboxylic acids is 1. The number of nitrogens with zero attached hydrogens (tertiary/aromatic N) is 2. The summed E-state index contributed by atoms with van der Waals surface area (Å²) in [6.45, 7) is 1.25. The molecule has 1 saturated heterocycles. The fourth-order valence-electron chi connectivity index (χ4n) is 1.48. The monoisotopic (exact) mass is 230 g/mol. The Hall–Kier alpha value is -0.910. The molecule has 0 spiro atoms. The van der Waals surface area contributed by atoms with E-state index in [-0.39, 0.29) is 12.4 Å². The van der Waals surface area contributed by atoms with Crippen molar-refractivity contribution >= 4 is 17.4 Å². The van der Waals surface area contributed by atoms with Crippen molar-refractivity contribution in [3.05, 3.63) is 16.9 Å². The van der Waals surface area contributed by atoms with Crippen molar-refractivity contribution in [1.29, 1.82) is 0 Å². The lowest BCUT2D eigenvalue weighted by Crippen LogP contribution is -2.36. The molecule has 5 nitrogen and oxygen atoms in total. The first-order valence-corrected chi connectivity index (χ1v) is 4.99. The molecule has 0 saturated carbocycles. The van der Waals surface area contributed by atoms with Crippen molar-refractivity contribution in [2.75, 3.05) is 19.8 Å². The van der Waals surface area contributed by atoms with Crippen LogP contribution < -0.4 is 0 Å². The van der Waals surface area contributed by atoms with Crippen LogP contribution in [0.4, 0.5) is 0 Å². The van der Waals surface area contributed by atoms with Crippen molar-refractivity contribution in [3.63, 3.8) is 0 Å². The summed E-state index contributed by atoms with van der Waals surface area (Å²) in [5.74, 6) is -0.181. The van der Waals surface area contributed by atoms with Crippen LogP contribution in [0.3, 0.4) is 0 Å². The van der Waals surface area contributed by atoms with Crippen LogP contribution in [0.15, 0.2) is 6.20 Å². The largest absolute Gasteiger partial charge is 0.376 e. The number of hydrogen-bond acceptors (Lipinski definition) is 4. The molecule has 0 aliphatic carbocycles. The molecule has 1 aliphatic heterocycles. The number of hydrogen-bond donors (Lipinski definition) is 0. The number of ketones is 1. The molecule has 1 aliphatic rings. The molecule has 0 radical (unpaired) electrons. The summed E-state index contributed by atoms with van der Waals surface area (Å²) in [5, 5.41) is 4.24. The molecule has 2 rings (SSSR count). The van der Waals surface area contributed by atoms with Gasteiger partial charge in [-0.1, -0.05) is 11.6 Å². The molecular formula is C9H11ClN2O3. The third-order valence-corrected chi connectivity index (χ3v) is 2.51. The zero-order chi connectivity index (χ0) is 10.8. The smallest absolute Gasteiger partial charge is 0.213 e. The lowest BCUT2D eigenvalue weighted by Gasteiger charge is -2.21. The number of aryl methyl sites for hydroxylation is 1. The molecule has 1 aromatic heterocycles. The first kappa shape index (κ1) is 10.6. The Morgan fingerprint density at radius 1 is 1.67 bits per heavy atom. The predicted octanol–water partition coefficient (Wildman–Crippen LogP) is 0.672. The maximum atomic E-state index is 12.0. The molecule has 1 atom stereocenters. The zero-order valence-corrected chi connectivity index (χ0v) is 9.03. The van der Waals surface area contributed by atoms with Gasteiger partial charge in [-0.15, -0.1) is 0 Å². The lowest BCUT2D eigenvalue weighted by molar-refractivity contribution is -0.0721. The molecule has 15 heavy (non-hydrogen) atoms. The van der Waals surface area contributed by atoms with Crippen LogP contribution >= 0.6 is 11.6 Å². The van der Waals surface area contributed by atoms with Crippen molar-refractivity contribution in [2.24, 2.45) is 7.05 Å². The molecule has 0 N–H and O–H groups in total. The van der Waals surface area contributed by atoms with Gasteiger partial charge in [-0.25, -0.2) is 0 Å². The van der Waals surface area contributed by atoms with E-state index in [4.69, 9.17) is 21.1 Å². The maximum Gasteiger partial charge on any atom is 0.213 e. The van der Waals surface area contributed by atoms with Gasteiger partial charge in [0.2, 0.25) is 5.78 Å². The second-order valence-corrected chi connectivity index (χ2v) is 3.67. The van der Waals surface area contributed by atoms with Gasteiger partial charge in [-0.2, -0.15) is 5.10 Å². The Morgan fingerprint density at radius 3 is 3.00 bits per heavy atom. The van der Waals surface area contributed by atoms with Gasteiger partial charge in [-0.3, -0.25) is 9.48 Å². The average molecular weight is 231 g/mol. The van der Waals surface area contributed by atoms with E-state index in [2.05, 4.69) is 5.10 Å². The van der Waals surface area contributed by atoms with Crippen LogP contribution in [0, 0.1) is 0 Å². The highest BCUT2D eigenvalue weighted by Gasteiger charge is 2.27. The van der Waals surface area contributed by atoms with E-state index < -0.39 is 6.10 Å².